The van der Waals surface area contributed by atoms with Crippen LogP contribution in [0.25, 0.3) is 22.8 Å². The van der Waals surface area contributed by atoms with Crippen molar-refractivity contribution in [2.45, 2.75) is 13.8 Å². The van der Waals surface area contributed by atoms with Gasteiger partial charge in [-0.15, -0.1) is 0 Å². The average molecular weight is 261 g/mol. The molecule has 2 aromatic heterocycles. The molecule has 2 heterocycles. The molecule has 0 atom stereocenters. The maximum absolute atomic E-state index is 4.64. The summed E-state index contributed by atoms with van der Waals surface area (Å²) in [7, 11) is 0. The van der Waals surface area contributed by atoms with Gasteiger partial charge in [0.15, 0.2) is 5.82 Å². The number of aromatic nitrogens is 3. The standard InChI is InChI=1S/C17H15N3/c1-12-6-3-4-8-14(12)15-10-11-18-17(20-15)16-9-5-7-13(2)19-16/h3-11H,1-2H3. The van der Waals surface area contributed by atoms with E-state index in [9.17, 15) is 0 Å². The van der Waals surface area contributed by atoms with Gasteiger partial charge in [-0.2, -0.15) is 0 Å². The molecule has 3 nitrogen and oxygen atoms in total. The lowest BCUT2D eigenvalue weighted by Gasteiger charge is -2.06. The Hall–Kier alpha value is -2.55. The van der Waals surface area contributed by atoms with E-state index in [4.69, 9.17) is 0 Å². The fourth-order valence-corrected chi connectivity index (χ4v) is 2.16. The Kier molecular flexibility index (Phi) is 3.25. The van der Waals surface area contributed by atoms with Gasteiger partial charge < -0.3 is 0 Å². The van der Waals surface area contributed by atoms with Gasteiger partial charge in [-0.05, 0) is 37.6 Å². The largest absolute Gasteiger partial charge is 0.250 e. The zero-order chi connectivity index (χ0) is 13.9. The number of hydrogen-bond donors (Lipinski definition) is 0. The third kappa shape index (κ3) is 2.43. The van der Waals surface area contributed by atoms with Gasteiger partial charge >= 0.3 is 0 Å². The molecule has 0 unspecified atom stereocenters. The average Bonchev–Trinajstić information content (AvgIpc) is 2.48. The van der Waals surface area contributed by atoms with Gasteiger partial charge in [-0.25, -0.2) is 15.0 Å². The normalized spacial score (nSPS) is 10.5. The third-order valence-corrected chi connectivity index (χ3v) is 3.19. The first-order valence-corrected chi connectivity index (χ1v) is 6.57. The topological polar surface area (TPSA) is 38.7 Å². The summed E-state index contributed by atoms with van der Waals surface area (Å²) in [6.45, 7) is 4.05. The van der Waals surface area contributed by atoms with Crippen molar-refractivity contribution in [3.63, 3.8) is 0 Å². The smallest absolute Gasteiger partial charge is 0.178 e. The van der Waals surface area contributed by atoms with Gasteiger partial charge in [-0.3, -0.25) is 0 Å². The van der Waals surface area contributed by atoms with Crippen LogP contribution in [0, 0.1) is 13.8 Å². The van der Waals surface area contributed by atoms with Crippen molar-refractivity contribution in [3.05, 3.63) is 66.0 Å². The van der Waals surface area contributed by atoms with Gasteiger partial charge in [0.2, 0.25) is 0 Å². The molecule has 0 spiro atoms. The Morgan fingerprint density at radius 3 is 2.40 bits per heavy atom. The van der Waals surface area contributed by atoms with E-state index in [1.54, 1.807) is 6.20 Å². The molecule has 0 aliphatic carbocycles. The summed E-state index contributed by atoms with van der Waals surface area (Å²) < 4.78 is 0. The Morgan fingerprint density at radius 2 is 1.60 bits per heavy atom. The summed E-state index contributed by atoms with van der Waals surface area (Å²) in [5, 5.41) is 0. The zero-order valence-corrected chi connectivity index (χ0v) is 11.5. The molecule has 0 aliphatic heterocycles. The predicted octanol–water partition coefficient (Wildman–Crippen LogP) is 3.82. The van der Waals surface area contributed by atoms with Gasteiger partial charge in [0.1, 0.15) is 5.69 Å². The maximum Gasteiger partial charge on any atom is 0.178 e. The summed E-state index contributed by atoms with van der Waals surface area (Å²) in [5.74, 6) is 0.662. The molecule has 3 aromatic rings. The first-order chi connectivity index (χ1) is 9.74. The second-order valence-corrected chi connectivity index (χ2v) is 4.74. The Labute approximate surface area is 118 Å². The molecule has 0 radical (unpaired) electrons. The molecule has 20 heavy (non-hydrogen) atoms. The summed E-state index contributed by atoms with van der Waals surface area (Å²) in [6.07, 6.45) is 1.79. The minimum Gasteiger partial charge on any atom is -0.250 e. The van der Waals surface area contributed by atoms with Crippen LogP contribution in [0.5, 0.6) is 0 Å². The molecular formula is C17H15N3. The van der Waals surface area contributed by atoms with Crippen LogP contribution in [0.2, 0.25) is 0 Å². The molecule has 98 valence electrons. The van der Waals surface area contributed by atoms with Gasteiger partial charge in [0.05, 0.1) is 5.69 Å². The van der Waals surface area contributed by atoms with E-state index in [2.05, 4.69) is 34.0 Å². The van der Waals surface area contributed by atoms with E-state index >= 15 is 0 Å². The van der Waals surface area contributed by atoms with Gasteiger partial charge in [0, 0.05) is 17.5 Å². The number of rotatable bonds is 2. The number of benzene rings is 1. The van der Waals surface area contributed by atoms with Crippen molar-refractivity contribution in [1.29, 1.82) is 0 Å². The molecule has 0 saturated heterocycles. The summed E-state index contributed by atoms with van der Waals surface area (Å²) in [6, 6.07) is 16.0. The van der Waals surface area contributed by atoms with Gasteiger partial charge in [0.25, 0.3) is 0 Å². The van der Waals surface area contributed by atoms with Crippen LogP contribution in [0.3, 0.4) is 0 Å². The third-order valence-electron chi connectivity index (χ3n) is 3.19. The van der Waals surface area contributed by atoms with Crippen molar-refractivity contribution in [1.82, 2.24) is 15.0 Å². The second kappa shape index (κ2) is 5.21. The SMILES string of the molecule is Cc1cccc(-c2nccc(-c3ccccc3C)n2)n1. The Morgan fingerprint density at radius 1 is 0.750 bits per heavy atom. The lowest BCUT2D eigenvalue weighted by molar-refractivity contribution is 1.11. The fraction of sp³-hybridized carbons (Fsp3) is 0.118. The number of aryl methyl sites for hydroxylation is 2. The summed E-state index contributed by atoms with van der Waals surface area (Å²) in [5.41, 5.74) is 5.03. The first-order valence-electron chi connectivity index (χ1n) is 6.57. The van der Waals surface area contributed by atoms with Crippen molar-refractivity contribution >= 4 is 0 Å². The van der Waals surface area contributed by atoms with Gasteiger partial charge in [-0.1, -0.05) is 30.3 Å². The van der Waals surface area contributed by atoms with Crippen LogP contribution < -0.4 is 0 Å². The summed E-state index contributed by atoms with van der Waals surface area (Å²) in [4.78, 5) is 13.4. The molecule has 0 N–H and O–H groups in total. The number of nitrogens with zero attached hydrogens (tertiary/aromatic N) is 3. The molecule has 0 fully saturated rings. The minimum absolute atomic E-state index is 0.662. The lowest BCUT2D eigenvalue weighted by Crippen LogP contribution is -1.95. The van der Waals surface area contributed by atoms with E-state index in [1.807, 2.05) is 43.3 Å². The molecule has 1 aromatic carbocycles. The minimum atomic E-state index is 0.662. The van der Waals surface area contributed by atoms with Crippen molar-refractivity contribution < 1.29 is 0 Å². The van der Waals surface area contributed by atoms with Crippen LogP contribution in [0.15, 0.2) is 54.7 Å². The molecule has 0 bridgehead atoms. The number of pyridine rings is 1. The Bertz CT molecular complexity index is 750. The quantitative estimate of drug-likeness (QED) is 0.704. The highest BCUT2D eigenvalue weighted by Gasteiger charge is 2.07. The van der Waals surface area contributed by atoms with E-state index in [0.29, 0.717) is 5.82 Å². The highest BCUT2D eigenvalue weighted by molar-refractivity contribution is 5.65. The van der Waals surface area contributed by atoms with Crippen LogP contribution in [-0.2, 0) is 0 Å². The van der Waals surface area contributed by atoms with Crippen LogP contribution >= 0.6 is 0 Å². The Balaban J connectivity index is 2.09. The van der Waals surface area contributed by atoms with E-state index < -0.39 is 0 Å². The van der Waals surface area contributed by atoms with E-state index in [0.717, 1.165) is 22.6 Å². The predicted molar refractivity (Wildman–Crippen MR) is 80.2 cm³/mol. The second-order valence-electron chi connectivity index (χ2n) is 4.74. The van der Waals surface area contributed by atoms with Crippen LogP contribution in [-0.4, -0.2) is 15.0 Å². The van der Waals surface area contributed by atoms with Crippen molar-refractivity contribution in [3.8, 4) is 22.8 Å². The number of hydrogen-bond acceptors (Lipinski definition) is 3. The fourth-order valence-electron chi connectivity index (χ4n) is 2.16. The highest BCUT2D eigenvalue weighted by atomic mass is 14.9. The van der Waals surface area contributed by atoms with Crippen molar-refractivity contribution in [2.75, 3.05) is 0 Å². The molecule has 3 heteroatoms. The molecular weight excluding hydrogens is 246 g/mol. The monoisotopic (exact) mass is 261 g/mol. The lowest BCUT2D eigenvalue weighted by atomic mass is 10.1. The summed E-state index contributed by atoms with van der Waals surface area (Å²) >= 11 is 0. The van der Waals surface area contributed by atoms with E-state index in [-0.39, 0.29) is 0 Å². The molecule has 0 amide bonds. The van der Waals surface area contributed by atoms with Crippen LogP contribution in [0.4, 0.5) is 0 Å². The highest BCUT2D eigenvalue weighted by Crippen LogP contribution is 2.22. The molecule has 3 rings (SSSR count). The van der Waals surface area contributed by atoms with E-state index in [1.165, 1.54) is 5.56 Å². The first kappa shape index (κ1) is 12.5. The maximum atomic E-state index is 4.64. The van der Waals surface area contributed by atoms with Crippen molar-refractivity contribution in [2.24, 2.45) is 0 Å². The zero-order valence-electron chi connectivity index (χ0n) is 11.5. The molecule has 0 aliphatic rings. The van der Waals surface area contributed by atoms with Crippen LogP contribution in [0.1, 0.15) is 11.3 Å². The molecule has 0 saturated carbocycles.